The van der Waals surface area contributed by atoms with E-state index in [4.69, 9.17) is 5.26 Å². The Bertz CT molecular complexity index is 147. The van der Waals surface area contributed by atoms with Crippen molar-refractivity contribution in [1.82, 2.24) is 0 Å². The molecule has 1 saturated carbocycles. The molecule has 12 heavy (non-hydrogen) atoms. The zero-order valence-corrected chi connectivity index (χ0v) is 8.21. The average molecular weight is 165 g/mol. The molecule has 1 heteroatoms. The molecular weight excluding hydrogens is 146 g/mol. The molecule has 1 fully saturated rings. The van der Waals surface area contributed by atoms with E-state index in [9.17, 15) is 0 Å². The molecule has 68 valence electrons. The second kappa shape index (κ2) is 8.33. The summed E-state index contributed by atoms with van der Waals surface area (Å²) >= 11 is 0. The van der Waals surface area contributed by atoms with Crippen molar-refractivity contribution in [3.05, 3.63) is 12.2 Å². The van der Waals surface area contributed by atoms with Gasteiger partial charge in [0, 0.05) is 0 Å². The number of allylic oxidation sites excluding steroid dienone is 2. The maximum Gasteiger partial charge on any atom is 0.0663 e. The van der Waals surface area contributed by atoms with Gasteiger partial charge in [0.05, 0.1) is 12.5 Å². The third-order valence-electron chi connectivity index (χ3n) is 2.02. The Balaban J connectivity index is 0.000000561. The van der Waals surface area contributed by atoms with Crippen LogP contribution in [0.2, 0.25) is 0 Å². The van der Waals surface area contributed by atoms with Crippen molar-refractivity contribution >= 4 is 0 Å². The summed E-state index contributed by atoms with van der Waals surface area (Å²) in [7, 11) is 0. The topological polar surface area (TPSA) is 23.8 Å². The van der Waals surface area contributed by atoms with E-state index in [1.54, 1.807) is 0 Å². The minimum Gasteiger partial charge on any atom is -0.198 e. The molecular formula is C11H19N. The number of nitrogens with zero attached hydrogens (tertiary/aromatic N) is 1. The highest BCUT2D eigenvalue weighted by molar-refractivity contribution is 4.95. The molecule has 0 atom stereocenters. The minimum absolute atomic E-state index is 0.580. The third-order valence-corrected chi connectivity index (χ3v) is 2.02. The molecule has 0 saturated heterocycles. The van der Waals surface area contributed by atoms with Gasteiger partial charge in [0.1, 0.15) is 0 Å². The van der Waals surface area contributed by atoms with E-state index >= 15 is 0 Å². The summed E-state index contributed by atoms with van der Waals surface area (Å²) in [5.41, 5.74) is 0. The highest BCUT2D eigenvalue weighted by atomic mass is 14.2. The van der Waals surface area contributed by atoms with Crippen LogP contribution in [0.5, 0.6) is 0 Å². The SMILES string of the molecule is CC.N#CC/C=C/C1CCCC1. The fourth-order valence-electron chi connectivity index (χ4n) is 1.46. The van der Waals surface area contributed by atoms with Crippen molar-refractivity contribution < 1.29 is 0 Å². The summed E-state index contributed by atoms with van der Waals surface area (Å²) in [5.74, 6) is 0.786. The van der Waals surface area contributed by atoms with Crippen molar-refractivity contribution in [3.63, 3.8) is 0 Å². The van der Waals surface area contributed by atoms with Gasteiger partial charge in [0.15, 0.2) is 0 Å². The van der Waals surface area contributed by atoms with Gasteiger partial charge in [0.2, 0.25) is 0 Å². The molecule has 0 aromatic rings. The van der Waals surface area contributed by atoms with Gasteiger partial charge in [-0.3, -0.25) is 0 Å². The first-order valence-electron chi connectivity index (χ1n) is 4.97. The van der Waals surface area contributed by atoms with Gasteiger partial charge in [-0.25, -0.2) is 0 Å². The Morgan fingerprint density at radius 2 is 1.92 bits per heavy atom. The van der Waals surface area contributed by atoms with Crippen molar-refractivity contribution in [2.75, 3.05) is 0 Å². The smallest absolute Gasteiger partial charge is 0.0663 e. The lowest BCUT2D eigenvalue weighted by molar-refractivity contribution is 0.684. The van der Waals surface area contributed by atoms with Crippen LogP contribution in [0.3, 0.4) is 0 Å². The minimum atomic E-state index is 0.580. The van der Waals surface area contributed by atoms with Gasteiger partial charge in [-0.15, -0.1) is 0 Å². The zero-order chi connectivity index (χ0) is 9.23. The Morgan fingerprint density at radius 1 is 1.33 bits per heavy atom. The van der Waals surface area contributed by atoms with Crippen molar-refractivity contribution in [2.45, 2.75) is 46.0 Å². The predicted molar refractivity (Wildman–Crippen MR) is 52.7 cm³/mol. The molecule has 0 radical (unpaired) electrons. The molecule has 0 N–H and O–H groups in total. The largest absolute Gasteiger partial charge is 0.198 e. The zero-order valence-electron chi connectivity index (χ0n) is 8.21. The highest BCUT2D eigenvalue weighted by Gasteiger charge is 2.10. The molecule has 0 heterocycles. The Labute approximate surface area is 76.1 Å². The summed E-state index contributed by atoms with van der Waals surface area (Å²) < 4.78 is 0. The molecule has 0 spiro atoms. The molecule has 0 aliphatic heterocycles. The number of rotatable bonds is 2. The lowest BCUT2D eigenvalue weighted by Gasteiger charge is -1.97. The van der Waals surface area contributed by atoms with Crippen LogP contribution in [0.15, 0.2) is 12.2 Å². The number of hydrogen-bond donors (Lipinski definition) is 0. The maximum absolute atomic E-state index is 8.24. The first-order valence-corrected chi connectivity index (χ1v) is 4.97. The number of hydrogen-bond acceptors (Lipinski definition) is 1. The van der Waals surface area contributed by atoms with E-state index in [1.807, 2.05) is 19.9 Å². The van der Waals surface area contributed by atoms with Crippen LogP contribution in [0.4, 0.5) is 0 Å². The van der Waals surface area contributed by atoms with Gasteiger partial charge in [-0.05, 0) is 18.8 Å². The van der Waals surface area contributed by atoms with Crippen LogP contribution in [0, 0.1) is 17.2 Å². The van der Waals surface area contributed by atoms with E-state index in [2.05, 4.69) is 12.1 Å². The summed E-state index contributed by atoms with van der Waals surface area (Å²) in [6.07, 6.45) is 10.2. The quantitative estimate of drug-likeness (QED) is 0.573. The van der Waals surface area contributed by atoms with E-state index in [0.29, 0.717) is 6.42 Å². The van der Waals surface area contributed by atoms with Gasteiger partial charge in [-0.2, -0.15) is 5.26 Å². The molecule has 0 amide bonds. The van der Waals surface area contributed by atoms with E-state index in [0.717, 1.165) is 5.92 Å². The second-order valence-electron chi connectivity index (χ2n) is 2.83. The Morgan fingerprint density at radius 3 is 2.42 bits per heavy atom. The van der Waals surface area contributed by atoms with E-state index < -0.39 is 0 Å². The van der Waals surface area contributed by atoms with Gasteiger partial charge in [-0.1, -0.05) is 38.8 Å². The lowest BCUT2D eigenvalue weighted by Crippen LogP contribution is -1.84. The van der Waals surface area contributed by atoms with Gasteiger partial charge < -0.3 is 0 Å². The Hall–Kier alpha value is -0.770. The van der Waals surface area contributed by atoms with Crippen LogP contribution in [-0.4, -0.2) is 0 Å². The predicted octanol–water partition coefficient (Wildman–Crippen LogP) is 3.67. The van der Waals surface area contributed by atoms with Crippen molar-refractivity contribution in [3.8, 4) is 6.07 Å². The number of nitriles is 1. The van der Waals surface area contributed by atoms with Crippen LogP contribution in [0.25, 0.3) is 0 Å². The normalized spacial score (nSPS) is 17.1. The van der Waals surface area contributed by atoms with Crippen LogP contribution < -0.4 is 0 Å². The van der Waals surface area contributed by atoms with Crippen LogP contribution in [-0.2, 0) is 0 Å². The first-order chi connectivity index (χ1) is 5.93. The standard InChI is InChI=1S/C9H13N.C2H6/c10-8-4-3-7-9-5-1-2-6-9;1-2/h3,7,9H,1-2,4-6H2;1-2H3/b7-3+;. The van der Waals surface area contributed by atoms with Crippen LogP contribution >= 0.6 is 0 Å². The van der Waals surface area contributed by atoms with E-state index in [-0.39, 0.29) is 0 Å². The fourth-order valence-corrected chi connectivity index (χ4v) is 1.46. The molecule has 0 unspecified atom stereocenters. The third kappa shape index (κ3) is 4.96. The lowest BCUT2D eigenvalue weighted by atomic mass is 10.1. The van der Waals surface area contributed by atoms with Gasteiger partial charge >= 0.3 is 0 Å². The Kier molecular flexibility index (Phi) is 7.79. The fraction of sp³-hybridized carbons (Fsp3) is 0.727. The molecule has 1 aliphatic rings. The van der Waals surface area contributed by atoms with Gasteiger partial charge in [0.25, 0.3) is 0 Å². The monoisotopic (exact) mass is 165 g/mol. The molecule has 0 aromatic heterocycles. The molecule has 0 aromatic carbocycles. The summed E-state index contributed by atoms with van der Waals surface area (Å²) in [4.78, 5) is 0. The van der Waals surface area contributed by atoms with Crippen LogP contribution in [0.1, 0.15) is 46.0 Å². The first kappa shape index (κ1) is 11.2. The average Bonchev–Trinajstić information content (AvgIpc) is 2.61. The second-order valence-corrected chi connectivity index (χ2v) is 2.83. The van der Waals surface area contributed by atoms with Crippen molar-refractivity contribution in [2.24, 2.45) is 5.92 Å². The molecule has 1 aliphatic carbocycles. The maximum atomic E-state index is 8.24. The summed E-state index contributed by atoms with van der Waals surface area (Å²) in [6, 6.07) is 2.10. The molecule has 0 bridgehead atoms. The van der Waals surface area contributed by atoms with Crippen molar-refractivity contribution in [1.29, 1.82) is 5.26 Å². The summed E-state index contributed by atoms with van der Waals surface area (Å²) in [5, 5.41) is 8.24. The van der Waals surface area contributed by atoms with E-state index in [1.165, 1.54) is 25.7 Å². The highest BCUT2D eigenvalue weighted by Crippen LogP contribution is 2.25. The molecule has 1 rings (SSSR count). The summed E-state index contributed by atoms with van der Waals surface area (Å²) in [6.45, 7) is 4.00. The molecule has 1 nitrogen and oxygen atoms in total.